The molecule has 1 aliphatic rings. The molecule has 1 aromatic carbocycles. The molecule has 0 aromatic heterocycles. The van der Waals surface area contributed by atoms with Gasteiger partial charge in [-0.1, -0.05) is 25.1 Å². The van der Waals surface area contributed by atoms with E-state index < -0.39 is 9.84 Å². The Kier molecular flexibility index (Phi) is 4.16. The van der Waals surface area contributed by atoms with Gasteiger partial charge in [0.15, 0.2) is 0 Å². The predicted molar refractivity (Wildman–Crippen MR) is 76.2 cm³/mol. The number of hydrogen-bond acceptors (Lipinski definition) is 4. The normalized spacial score (nSPS) is 24.4. The van der Waals surface area contributed by atoms with E-state index >= 15 is 0 Å². The number of nitrogens with one attached hydrogen (secondary N) is 1. The molecule has 19 heavy (non-hydrogen) atoms. The van der Waals surface area contributed by atoms with Crippen molar-refractivity contribution in [1.29, 1.82) is 0 Å². The van der Waals surface area contributed by atoms with Crippen molar-refractivity contribution in [2.75, 3.05) is 18.6 Å². The van der Waals surface area contributed by atoms with Crippen molar-refractivity contribution in [2.45, 2.75) is 25.9 Å². The van der Waals surface area contributed by atoms with E-state index in [0.717, 1.165) is 11.3 Å². The van der Waals surface area contributed by atoms with Crippen LogP contribution >= 0.6 is 0 Å². The Morgan fingerprint density at radius 3 is 2.79 bits per heavy atom. The monoisotopic (exact) mass is 283 g/mol. The van der Waals surface area contributed by atoms with Crippen molar-refractivity contribution in [1.82, 2.24) is 5.32 Å². The van der Waals surface area contributed by atoms with E-state index in [-0.39, 0.29) is 17.8 Å². The van der Waals surface area contributed by atoms with Crippen LogP contribution in [-0.2, 0) is 9.84 Å². The highest BCUT2D eigenvalue weighted by Crippen LogP contribution is 2.35. The minimum absolute atomic E-state index is 0.0754. The zero-order valence-corrected chi connectivity index (χ0v) is 12.4. The van der Waals surface area contributed by atoms with Crippen LogP contribution in [0.1, 0.15) is 25.5 Å². The second-order valence-electron chi connectivity index (χ2n) is 5.46. The fourth-order valence-electron chi connectivity index (χ4n) is 2.56. The van der Waals surface area contributed by atoms with E-state index in [1.807, 2.05) is 31.2 Å². The zero-order valence-electron chi connectivity index (χ0n) is 11.6. The average Bonchev–Trinajstić information content (AvgIpc) is 2.31. The predicted octanol–water partition coefficient (Wildman–Crippen LogP) is 1.78. The van der Waals surface area contributed by atoms with Crippen molar-refractivity contribution < 1.29 is 13.2 Å². The van der Waals surface area contributed by atoms with Crippen molar-refractivity contribution in [3.05, 3.63) is 29.8 Å². The maximum atomic E-state index is 11.3. The number of para-hydroxylation sites is 1. The van der Waals surface area contributed by atoms with E-state index in [2.05, 4.69) is 12.2 Å². The van der Waals surface area contributed by atoms with Crippen LogP contribution in [0.2, 0.25) is 0 Å². The average molecular weight is 283 g/mol. The van der Waals surface area contributed by atoms with Gasteiger partial charge in [-0.05, 0) is 13.0 Å². The van der Waals surface area contributed by atoms with Gasteiger partial charge in [-0.3, -0.25) is 0 Å². The quantitative estimate of drug-likeness (QED) is 0.915. The lowest BCUT2D eigenvalue weighted by Gasteiger charge is -2.34. The number of benzene rings is 1. The molecule has 0 saturated carbocycles. The van der Waals surface area contributed by atoms with Gasteiger partial charge in [-0.2, -0.15) is 0 Å². The molecule has 0 fully saturated rings. The molecule has 4 nitrogen and oxygen atoms in total. The summed E-state index contributed by atoms with van der Waals surface area (Å²) in [5.74, 6) is 1.36. The third-order valence-corrected chi connectivity index (χ3v) is 4.45. The third kappa shape index (κ3) is 3.70. The molecular weight excluding hydrogens is 262 g/mol. The van der Waals surface area contributed by atoms with Gasteiger partial charge in [-0.15, -0.1) is 0 Å². The van der Waals surface area contributed by atoms with E-state index in [1.54, 1.807) is 0 Å². The van der Waals surface area contributed by atoms with E-state index in [0.29, 0.717) is 12.5 Å². The highest BCUT2D eigenvalue weighted by molar-refractivity contribution is 7.90. The Hall–Kier alpha value is -1.07. The molecule has 0 saturated heterocycles. The molecule has 3 unspecified atom stereocenters. The van der Waals surface area contributed by atoms with Crippen LogP contribution in [0.4, 0.5) is 0 Å². The van der Waals surface area contributed by atoms with Gasteiger partial charge < -0.3 is 10.1 Å². The Morgan fingerprint density at radius 1 is 1.42 bits per heavy atom. The highest BCUT2D eigenvalue weighted by atomic mass is 32.2. The van der Waals surface area contributed by atoms with Gasteiger partial charge in [0.1, 0.15) is 15.6 Å². The van der Waals surface area contributed by atoms with Crippen LogP contribution in [0.15, 0.2) is 24.3 Å². The Bertz CT molecular complexity index is 541. The van der Waals surface area contributed by atoms with Gasteiger partial charge in [0, 0.05) is 29.8 Å². The molecule has 5 heteroatoms. The van der Waals surface area contributed by atoms with Crippen molar-refractivity contribution >= 4 is 9.84 Å². The molecule has 1 aliphatic heterocycles. The molecule has 106 valence electrons. The summed E-state index contributed by atoms with van der Waals surface area (Å²) in [6.45, 7) is 4.67. The number of rotatable bonds is 4. The summed E-state index contributed by atoms with van der Waals surface area (Å²) in [4.78, 5) is 0. The fraction of sp³-hybridized carbons (Fsp3) is 0.571. The fourth-order valence-corrected chi connectivity index (χ4v) is 3.56. The first-order chi connectivity index (χ1) is 8.87. The summed E-state index contributed by atoms with van der Waals surface area (Å²) in [6.07, 6.45) is 1.27. The molecule has 0 spiro atoms. The molecule has 1 N–H and O–H groups in total. The second-order valence-corrected chi connectivity index (χ2v) is 7.65. The van der Waals surface area contributed by atoms with Gasteiger partial charge in [0.2, 0.25) is 0 Å². The van der Waals surface area contributed by atoms with Crippen LogP contribution in [-0.4, -0.2) is 33.1 Å². The summed E-state index contributed by atoms with van der Waals surface area (Å²) >= 11 is 0. The summed E-state index contributed by atoms with van der Waals surface area (Å²) in [5.41, 5.74) is 1.11. The topological polar surface area (TPSA) is 55.4 Å². The standard InChI is InChI=1S/C14H21NO3S/c1-10-8-18-13-7-5-4-6-12(13)14(10)15-11(2)9-19(3,16)17/h4-7,10-11,14-15H,8-9H2,1-3H3. The van der Waals surface area contributed by atoms with E-state index in [9.17, 15) is 8.42 Å². The molecular formula is C14H21NO3S. The van der Waals surface area contributed by atoms with Gasteiger partial charge in [0.25, 0.3) is 0 Å². The van der Waals surface area contributed by atoms with Gasteiger partial charge in [0.05, 0.1) is 12.4 Å². The number of fused-ring (bicyclic) bond motifs is 1. The molecule has 0 aliphatic carbocycles. The lowest BCUT2D eigenvalue weighted by molar-refractivity contribution is 0.183. The maximum Gasteiger partial charge on any atom is 0.148 e. The minimum atomic E-state index is -2.96. The smallest absolute Gasteiger partial charge is 0.148 e. The Labute approximate surface area is 115 Å². The SMILES string of the molecule is CC(CS(C)(=O)=O)NC1c2ccccc2OCC1C. The largest absolute Gasteiger partial charge is 0.493 e. The number of ether oxygens (including phenoxy) is 1. The first-order valence-corrected chi connectivity index (χ1v) is 8.58. The van der Waals surface area contributed by atoms with Crippen molar-refractivity contribution in [2.24, 2.45) is 5.92 Å². The molecule has 0 bridgehead atoms. The second kappa shape index (κ2) is 5.51. The van der Waals surface area contributed by atoms with Gasteiger partial charge >= 0.3 is 0 Å². The first kappa shape index (κ1) is 14.3. The first-order valence-electron chi connectivity index (χ1n) is 6.52. The summed E-state index contributed by atoms with van der Waals surface area (Å²) in [6, 6.07) is 7.99. The highest BCUT2D eigenvalue weighted by Gasteiger charge is 2.29. The minimum Gasteiger partial charge on any atom is -0.493 e. The van der Waals surface area contributed by atoms with Gasteiger partial charge in [-0.25, -0.2) is 8.42 Å². The lowest BCUT2D eigenvalue weighted by atomic mass is 9.91. The molecule has 0 amide bonds. The maximum absolute atomic E-state index is 11.3. The zero-order chi connectivity index (χ0) is 14.0. The van der Waals surface area contributed by atoms with E-state index in [4.69, 9.17) is 4.74 Å². The van der Waals surface area contributed by atoms with Crippen LogP contribution in [0.3, 0.4) is 0 Å². The summed E-state index contributed by atoms with van der Waals surface area (Å²) in [7, 11) is -2.96. The molecule has 1 heterocycles. The third-order valence-electron chi connectivity index (χ3n) is 3.34. The Balaban J connectivity index is 2.15. The molecule has 2 rings (SSSR count). The van der Waals surface area contributed by atoms with Crippen LogP contribution < -0.4 is 10.1 Å². The number of hydrogen-bond donors (Lipinski definition) is 1. The molecule has 0 radical (unpaired) electrons. The van der Waals surface area contributed by atoms with Crippen molar-refractivity contribution in [3.8, 4) is 5.75 Å². The van der Waals surface area contributed by atoms with E-state index in [1.165, 1.54) is 6.26 Å². The van der Waals surface area contributed by atoms with Crippen LogP contribution in [0, 0.1) is 5.92 Å². The van der Waals surface area contributed by atoms with Crippen LogP contribution in [0.5, 0.6) is 5.75 Å². The molecule has 1 aromatic rings. The summed E-state index contributed by atoms with van der Waals surface area (Å²) in [5, 5.41) is 3.42. The summed E-state index contributed by atoms with van der Waals surface area (Å²) < 4.78 is 28.4. The lowest BCUT2D eigenvalue weighted by Crippen LogP contribution is -2.41. The Morgan fingerprint density at radius 2 is 2.11 bits per heavy atom. The van der Waals surface area contributed by atoms with Crippen LogP contribution in [0.25, 0.3) is 0 Å². The van der Waals surface area contributed by atoms with Crippen molar-refractivity contribution in [3.63, 3.8) is 0 Å². The molecule has 3 atom stereocenters. The number of sulfone groups is 1.